The van der Waals surface area contributed by atoms with Crippen LogP contribution >= 0.6 is 0 Å². The summed E-state index contributed by atoms with van der Waals surface area (Å²) in [6.07, 6.45) is 79.1. The van der Waals surface area contributed by atoms with Crippen LogP contribution in [0.1, 0.15) is 245 Å². The number of hydrogen-bond donors (Lipinski definition) is 0. The zero-order valence-electron chi connectivity index (χ0n) is 45.2. The summed E-state index contributed by atoms with van der Waals surface area (Å²) in [6.45, 7) is 6.31. The van der Waals surface area contributed by atoms with E-state index in [0.29, 0.717) is 19.3 Å². The standard InChI is InChI=1S/C64H104O6/c1-4-7-10-13-16-19-22-24-26-27-28-29-30-31-32-33-34-35-36-37-39-40-42-45-48-51-54-57-63(66)69-60-61(59-68-62(65)56-53-50-47-44-21-18-15-12-9-6-3)70-64(67)58-55-52-49-46-43-41-38-25-23-20-17-14-11-8-5-2/h7-8,10-12,15-17,19-20,24-26,28-29,31-32,34-35,38,61H,4-6,9,13-14,18,21-23,27,30,33,36-37,39-60H2,1-3H3/b10-7-,11-8-,15-12-,19-16-,20-17-,26-24-,29-28-,32-31-,35-34-,38-25-. The Morgan fingerprint density at radius 1 is 0.300 bits per heavy atom. The third kappa shape index (κ3) is 54.7. The average Bonchev–Trinajstić information content (AvgIpc) is 3.36. The first-order valence-electron chi connectivity index (χ1n) is 28.5. The van der Waals surface area contributed by atoms with E-state index >= 15 is 0 Å². The van der Waals surface area contributed by atoms with E-state index < -0.39 is 6.10 Å². The lowest BCUT2D eigenvalue weighted by atomic mass is 10.1. The van der Waals surface area contributed by atoms with Crippen LogP contribution in [0.15, 0.2) is 122 Å². The fourth-order valence-electron chi connectivity index (χ4n) is 7.46. The smallest absolute Gasteiger partial charge is 0.306 e. The molecule has 0 aromatic carbocycles. The van der Waals surface area contributed by atoms with Crippen molar-refractivity contribution in [2.75, 3.05) is 13.2 Å². The molecule has 1 unspecified atom stereocenters. The quantitative estimate of drug-likeness (QED) is 0.0262. The normalized spacial score (nSPS) is 13.0. The molecular weight excluding hydrogens is 865 g/mol. The molecule has 0 spiro atoms. The maximum atomic E-state index is 12.8. The van der Waals surface area contributed by atoms with Gasteiger partial charge in [-0.25, -0.2) is 0 Å². The predicted molar refractivity (Wildman–Crippen MR) is 302 cm³/mol. The van der Waals surface area contributed by atoms with Gasteiger partial charge in [0.15, 0.2) is 6.10 Å². The zero-order valence-corrected chi connectivity index (χ0v) is 45.2. The first-order valence-corrected chi connectivity index (χ1v) is 28.5. The van der Waals surface area contributed by atoms with Crippen LogP contribution in [-0.2, 0) is 28.6 Å². The van der Waals surface area contributed by atoms with Gasteiger partial charge in [0.05, 0.1) is 0 Å². The van der Waals surface area contributed by atoms with Crippen molar-refractivity contribution < 1.29 is 28.6 Å². The fourth-order valence-corrected chi connectivity index (χ4v) is 7.46. The Hall–Kier alpha value is -4.19. The van der Waals surface area contributed by atoms with Gasteiger partial charge in [-0.3, -0.25) is 14.4 Å². The minimum Gasteiger partial charge on any atom is -0.462 e. The monoisotopic (exact) mass is 969 g/mol. The number of carbonyl (C=O) groups is 3. The van der Waals surface area contributed by atoms with Crippen molar-refractivity contribution in [3.63, 3.8) is 0 Å². The summed E-state index contributed by atoms with van der Waals surface area (Å²) >= 11 is 0. The Morgan fingerprint density at radius 2 is 0.557 bits per heavy atom. The number of unbranched alkanes of at least 4 members (excludes halogenated alkanes) is 19. The highest BCUT2D eigenvalue weighted by Crippen LogP contribution is 2.14. The topological polar surface area (TPSA) is 78.9 Å². The molecule has 0 aliphatic rings. The second kappa shape index (κ2) is 57.4. The van der Waals surface area contributed by atoms with Gasteiger partial charge in [0, 0.05) is 19.3 Å². The van der Waals surface area contributed by atoms with E-state index in [-0.39, 0.29) is 31.1 Å². The van der Waals surface area contributed by atoms with Crippen molar-refractivity contribution in [2.45, 2.75) is 252 Å². The molecule has 0 rings (SSSR count). The Kier molecular flexibility index (Phi) is 54.0. The number of esters is 3. The third-order valence-electron chi connectivity index (χ3n) is 11.7. The zero-order chi connectivity index (χ0) is 50.7. The third-order valence-corrected chi connectivity index (χ3v) is 11.7. The lowest BCUT2D eigenvalue weighted by molar-refractivity contribution is -0.167. The molecule has 0 aliphatic heterocycles. The Morgan fingerprint density at radius 3 is 0.886 bits per heavy atom. The van der Waals surface area contributed by atoms with E-state index in [2.05, 4.69) is 142 Å². The molecule has 6 heteroatoms. The molecule has 0 fully saturated rings. The van der Waals surface area contributed by atoms with Gasteiger partial charge in [-0.2, -0.15) is 0 Å². The van der Waals surface area contributed by atoms with Gasteiger partial charge in [0.25, 0.3) is 0 Å². The van der Waals surface area contributed by atoms with Crippen LogP contribution in [-0.4, -0.2) is 37.2 Å². The van der Waals surface area contributed by atoms with Crippen LogP contribution in [0.3, 0.4) is 0 Å². The maximum absolute atomic E-state index is 12.8. The summed E-state index contributed by atoms with van der Waals surface area (Å²) in [5.74, 6) is -0.934. The molecule has 0 heterocycles. The van der Waals surface area contributed by atoms with Crippen molar-refractivity contribution in [3.8, 4) is 0 Å². The van der Waals surface area contributed by atoms with E-state index in [1.807, 2.05) is 0 Å². The SMILES string of the molecule is CC/C=C\C/C=C\C/C=C\C/C=C\C/C=C\C/C=C\CCCCCCCCCCC(=O)OCC(COC(=O)CCCCCCC/C=C\CCC)OC(=O)CCCCCCC/C=C\C/C=C\C/C=C\CC. The molecule has 6 nitrogen and oxygen atoms in total. The van der Waals surface area contributed by atoms with E-state index in [4.69, 9.17) is 14.2 Å². The van der Waals surface area contributed by atoms with Crippen molar-refractivity contribution in [1.82, 2.24) is 0 Å². The van der Waals surface area contributed by atoms with Gasteiger partial charge in [-0.1, -0.05) is 226 Å². The van der Waals surface area contributed by atoms with E-state index in [1.165, 1.54) is 44.9 Å². The molecular formula is C64H104O6. The largest absolute Gasteiger partial charge is 0.462 e. The van der Waals surface area contributed by atoms with Gasteiger partial charge in [0.1, 0.15) is 13.2 Å². The number of ether oxygens (including phenoxy) is 3. The van der Waals surface area contributed by atoms with Crippen LogP contribution in [0.4, 0.5) is 0 Å². The van der Waals surface area contributed by atoms with Crippen LogP contribution in [0.5, 0.6) is 0 Å². The predicted octanol–water partition coefficient (Wildman–Crippen LogP) is 19.3. The summed E-state index contributed by atoms with van der Waals surface area (Å²) in [6, 6.07) is 0. The number of carbonyl (C=O) groups excluding carboxylic acids is 3. The first-order chi connectivity index (χ1) is 34.5. The van der Waals surface area contributed by atoms with Crippen molar-refractivity contribution in [2.24, 2.45) is 0 Å². The molecule has 0 bridgehead atoms. The second-order valence-electron chi connectivity index (χ2n) is 18.4. The molecule has 0 saturated carbocycles. The Labute approximate surface area is 431 Å². The van der Waals surface area contributed by atoms with Crippen molar-refractivity contribution in [1.29, 1.82) is 0 Å². The molecule has 0 aromatic rings. The molecule has 0 saturated heterocycles. The highest BCUT2D eigenvalue weighted by Gasteiger charge is 2.19. The van der Waals surface area contributed by atoms with Crippen LogP contribution in [0.25, 0.3) is 0 Å². The van der Waals surface area contributed by atoms with Crippen LogP contribution < -0.4 is 0 Å². The minimum atomic E-state index is -0.796. The van der Waals surface area contributed by atoms with E-state index in [0.717, 1.165) is 161 Å². The van der Waals surface area contributed by atoms with E-state index in [9.17, 15) is 14.4 Å². The summed E-state index contributed by atoms with van der Waals surface area (Å²) in [4.78, 5) is 38.0. The molecule has 396 valence electrons. The number of allylic oxidation sites excluding steroid dienone is 20. The van der Waals surface area contributed by atoms with Gasteiger partial charge in [-0.15, -0.1) is 0 Å². The fraction of sp³-hybridized carbons (Fsp3) is 0.641. The first kappa shape index (κ1) is 65.8. The van der Waals surface area contributed by atoms with Crippen LogP contribution in [0.2, 0.25) is 0 Å². The highest BCUT2D eigenvalue weighted by atomic mass is 16.6. The summed E-state index contributed by atoms with van der Waals surface area (Å²) in [5, 5.41) is 0. The van der Waals surface area contributed by atoms with E-state index in [1.54, 1.807) is 0 Å². The molecule has 0 aliphatic carbocycles. The molecule has 0 aromatic heterocycles. The van der Waals surface area contributed by atoms with Gasteiger partial charge < -0.3 is 14.2 Å². The molecule has 0 amide bonds. The Bertz CT molecular complexity index is 1490. The van der Waals surface area contributed by atoms with Crippen LogP contribution in [0, 0.1) is 0 Å². The number of rotatable bonds is 50. The highest BCUT2D eigenvalue weighted by molar-refractivity contribution is 5.71. The number of hydrogen-bond acceptors (Lipinski definition) is 6. The van der Waals surface area contributed by atoms with Gasteiger partial charge >= 0.3 is 17.9 Å². The lowest BCUT2D eigenvalue weighted by Gasteiger charge is -2.18. The van der Waals surface area contributed by atoms with Crippen molar-refractivity contribution in [3.05, 3.63) is 122 Å². The maximum Gasteiger partial charge on any atom is 0.306 e. The molecule has 0 radical (unpaired) electrons. The molecule has 0 N–H and O–H groups in total. The summed E-state index contributed by atoms with van der Waals surface area (Å²) in [5.41, 5.74) is 0. The van der Waals surface area contributed by atoms with Crippen molar-refractivity contribution >= 4 is 17.9 Å². The summed E-state index contributed by atoms with van der Waals surface area (Å²) in [7, 11) is 0. The van der Waals surface area contributed by atoms with Gasteiger partial charge in [-0.05, 0) is 122 Å². The lowest BCUT2D eigenvalue weighted by Crippen LogP contribution is -2.30. The molecule has 1 atom stereocenters. The second-order valence-corrected chi connectivity index (χ2v) is 18.4. The minimum absolute atomic E-state index is 0.0947. The Balaban J connectivity index is 4.30. The molecule has 70 heavy (non-hydrogen) atoms. The summed E-state index contributed by atoms with van der Waals surface area (Å²) < 4.78 is 16.8. The van der Waals surface area contributed by atoms with Gasteiger partial charge in [0.2, 0.25) is 0 Å². The average molecular weight is 970 g/mol.